The molecule has 0 amide bonds. The van der Waals surface area contributed by atoms with Crippen LogP contribution >= 0.6 is 0 Å². The van der Waals surface area contributed by atoms with E-state index >= 15 is 0 Å². The van der Waals surface area contributed by atoms with E-state index < -0.39 is 11.0 Å². The van der Waals surface area contributed by atoms with Crippen molar-refractivity contribution in [3.05, 3.63) is 40.7 Å². The minimum absolute atomic E-state index is 0.0503. The lowest BCUT2D eigenvalue weighted by Crippen LogP contribution is -2.03. The van der Waals surface area contributed by atoms with Crippen LogP contribution in [0.3, 0.4) is 0 Å². The van der Waals surface area contributed by atoms with Crippen molar-refractivity contribution < 1.29 is 14.8 Å². The number of carboxylic acid groups (broad SMARTS) is 1. The van der Waals surface area contributed by atoms with Gasteiger partial charge in [-0.15, -0.1) is 0 Å². The molecule has 6 nitrogen and oxygen atoms in total. The highest BCUT2D eigenvalue weighted by Crippen LogP contribution is 2.21. The minimum Gasteiger partial charge on any atom is -0.464 e. The third kappa shape index (κ3) is 1.52. The molecule has 0 unspecified atom stereocenters. The number of rotatable bonds is 1. The Bertz CT molecular complexity index is 546. The number of benzene rings is 1. The van der Waals surface area contributed by atoms with Crippen LogP contribution in [-0.4, -0.2) is 20.7 Å². The second-order valence-corrected chi connectivity index (χ2v) is 3.02. The van der Waals surface area contributed by atoms with Gasteiger partial charge in [-0.05, 0) is 6.07 Å². The van der Waals surface area contributed by atoms with Crippen LogP contribution in [0.1, 0.15) is 0 Å². The average Bonchev–Trinajstić information content (AvgIpc) is 2.59. The van der Waals surface area contributed by atoms with Crippen LogP contribution in [0, 0.1) is 10.1 Å². The lowest BCUT2D eigenvalue weighted by Gasteiger charge is -1.89. The maximum atomic E-state index is 10.6. The Hall–Kier alpha value is -2.37. The quantitative estimate of drug-likeness (QED) is 0.571. The molecule has 0 saturated carbocycles. The normalized spacial score (nSPS) is 10.4. The molecule has 1 aromatic carbocycles. The van der Waals surface area contributed by atoms with Crippen molar-refractivity contribution in [1.82, 2.24) is 4.57 Å². The number of fused-ring (bicyclic) bond motifs is 1. The molecule has 0 aliphatic rings. The van der Waals surface area contributed by atoms with Gasteiger partial charge in [0.05, 0.1) is 4.92 Å². The van der Waals surface area contributed by atoms with Gasteiger partial charge < -0.3 is 5.11 Å². The zero-order valence-corrected chi connectivity index (χ0v) is 7.45. The van der Waals surface area contributed by atoms with Crippen LogP contribution in [-0.2, 0) is 0 Å². The number of nitrogens with zero attached hydrogens (tertiary/aromatic N) is 2. The third-order valence-corrected chi connectivity index (χ3v) is 2.06. The van der Waals surface area contributed by atoms with Crippen molar-refractivity contribution >= 4 is 22.6 Å². The zero-order chi connectivity index (χ0) is 11.0. The Morgan fingerprint density at radius 3 is 2.60 bits per heavy atom. The van der Waals surface area contributed by atoms with Crippen molar-refractivity contribution in [2.24, 2.45) is 0 Å². The molecule has 0 spiro atoms. The summed E-state index contributed by atoms with van der Waals surface area (Å²) in [6.45, 7) is 0. The van der Waals surface area contributed by atoms with Crippen molar-refractivity contribution in [3.63, 3.8) is 0 Å². The van der Waals surface area contributed by atoms with E-state index in [1.165, 1.54) is 30.6 Å². The molecule has 0 radical (unpaired) electrons. The van der Waals surface area contributed by atoms with Gasteiger partial charge >= 0.3 is 6.09 Å². The highest BCUT2D eigenvalue weighted by Gasteiger charge is 2.09. The first kappa shape index (κ1) is 9.20. The van der Waals surface area contributed by atoms with Crippen LogP contribution in [0.5, 0.6) is 0 Å². The smallest absolute Gasteiger partial charge is 0.415 e. The molecule has 0 saturated heterocycles. The Balaban J connectivity index is 2.62. The maximum absolute atomic E-state index is 10.6. The first-order chi connectivity index (χ1) is 7.08. The fourth-order valence-electron chi connectivity index (χ4n) is 1.35. The van der Waals surface area contributed by atoms with E-state index in [9.17, 15) is 14.9 Å². The standard InChI is InChI=1S/C9H6N2O4/c12-9(13)10-4-6-1-2-8(11(14)15)3-7(6)5-10/h1-5H,(H,12,13). The topological polar surface area (TPSA) is 85.4 Å². The Morgan fingerprint density at radius 2 is 2.00 bits per heavy atom. The summed E-state index contributed by atoms with van der Waals surface area (Å²) in [5.74, 6) is 0. The molecule has 1 N–H and O–H groups in total. The highest BCUT2D eigenvalue weighted by molar-refractivity contribution is 5.88. The number of aromatic nitrogens is 1. The second kappa shape index (κ2) is 3.09. The van der Waals surface area contributed by atoms with Gasteiger partial charge in [0.1, 0.15) is 0 Å². The molecule has 0 aliphatic heterocycles. The van der Waals surface area contributed by atoms with E-state index in [-0.39, 0.29) is 5.69 Å². The molecule has 1 heterocycles. The van der Waals surface area contributed by atoms with Gasteiger partial charge in [-0.25, -0.2) is 4.79 Å². The van der Waals surface area contributed by atoms with E-state index in [2.05, 4.69) is 0 Å². The number of hydrogen-bond acceptors (Lipinski definition) is 3. The molecule has 2 rings (SSSR count). The van der Waals surface area contributed by atoms with Crippen LogP contribution in [0.2, 0.25) is 0 Å². The fourth-order valence-corrected chi connectivity index (χ4v) is 1.35. The molecule has 0 bridgehead atoms. The van der Waals surface area contributed by atoms with Gasteiger partial charge in [-0.2, -0.15) is 0 Å². The zero-order valence-electron chi connectivity index (χ0n) is 7.45. The molecule has 2 aromatic rings. The predicted molar refractivity (Wildman–Crippen MR) is 52.0 cm³/mol. The molecule has 0 atom stereocenters. The van der Waals surface area contributed by atoms with Crippen molar-refractivity contribution in [2.45, 2.75) is 0 Å². The largest absolute Gasteiger partial charge is 0.464 e. The van der Waals surface area contributed by atoms with Crippen molar-refractivity contribution in [2.75, 3.05) is 0 Å². The summed E-state index contributed by atoms with van der Waals surface area (Å²) in [4.78, 5) is 20.6. The number of carbonyl (C=O) groups is 1. The Kier molecular flexibility index (Phi) is 1.89. The summed E-state index contributed by atoms with van der Waals surface area (Å²) in [6.07, 6.45) is 1.63. The van der Waals surface area contributed by atoms with Crippen LogP contribution in [0.25, 0.3) is 10.8 Å². The summed E-state index contributed by atoms with van der Waals surface area (Å²) in [5, 5.41) is 20.4. The number of nitro benzene ring substituents is 1. The predicted octanol–water partition coefficient (Wildman–Crippen LogP) is 2.08. The van der Waals surface area contributed by atoms with E-state index in [1.54, 1.807) is 0 Å². The minimum atomic E-state index is -1.12. The molecular weight excluding hydrogens is 200 g/mol. The molecule has 76 valence electrons. The molecule has 0 fully saturated rings. The monoisotopic (exact) mass is 206 g/mol. The first-order valence-electron chi connectivity index (χ1n) is 4.07. The van der Waals surface area contributed by atoms with E-state index in [0.29, 0.717) is 10.8 Å². The number of nitro groups is 1. The van der Waals surface area contributed by atoms with Gasteiger partial charge in [-0.3, -0.25) is 14.7 Å². The van der Waals surface area contributed by atoms with Crippen LogP contribution in [0.15, 0.2) is 30.6 Å². The van der Waals surface area contributed by atoms with E-state index in [1.807, 2.05) is 0 Å². The highest BCUT2D eigenvalue weighted by atomic mass is 16.6. The first-order valence-corrected chi connectivity index (χ1v) is 4.07. The van der Waals surface area contributed by atoms with Crippen LogP contribution < -0.4 is 0 Å². The number of hydrogen-bond donors (Lipinski definition) is 1. The average molecular weight is 206 g/mol. The summed E-state index contributed by atoms with van der Waals surface area (Å²) < 4.78 is 0.967. The SMILES string of the molecule is O=C(O)n1cc2ccc([N+](=O)[O-])cc2c1. The molecule has 0 aliphatic carbocycles. The van der Waals surface area contributed by atoms with E-state index in [0.717, 1.165) is 4.57 Å². The maximum Gasteiger partial charge on any atom is 0.415 e. The second-order valence-electron chi connectivity index (χ2n) is 3.02. The molecule has 6 heteroatoms. The van der Waals surface area contributed by atoms with Crippen molar-refractivity contribution in [3.8, 4) is 0 Å². The third-order valence-electron chi connectivity index (χ3n) is 2.06. The Morgan fingerprint density at radius 1 is 1.33 bits per heavy atom. The van der Waals surface area contributed by atoms with Crippen LogP contribution in [0.4, 0.5) is 10.5 Å². The summed E-state index contributed by atoms with van der Waals surface area (Å²) >= 11 is 0. The molecule has 1 aromatic heterocycles. The molecular formula is C9H6N2O4. The fraction of sp³-hybridized carbons (Fsp3) is 0. The van der Waals surface area contributed by atoms with Gasteiger partial charge in [-0.1, -0.05) is 0 Å². The Labute approximate surface area is 83.5 Å². The lowest BCUT2D eigenvalue weighted by atomic mass is 10.2. The van der Waals surface area contributed by atoms with E-state index in [4.69, 9.17) is 5.11 Å². The summed E-state index contributed by atoms with van der Waals surface area (Å²) in [6, 6.07) is 4.20. The van der Waals surface area contributed by atoms with Gasteiger partial charge in [0, 0.05) is 35.3 Å². The van der Waals surface area contributed by atoms with Gasteiger partial charge in [0.2, 0.25) is 0 Å². The van der Waals surface area contributed by atoms with Crippen molar-refractivity contribution in [1.29, 1.82) is 0 Å². The molecule has 15 heavy (non-hydrogen) atoms. The van der Waals surface area contributed by atoms with Gasteiger partial charge in [0.15, 0.2) is 0 Å². The summed E-state index contributed by atoms with van der Waals surface area (Å²) in [7, 11) is 0. The summed E-state index contributed by atoms with van der Waals surface area (Å²) in [5.41, 5.74) is -0.0503. The number of non-ortho nitro benzene ring substituents is 1. The van der Waals surface area contributed by atoms with Gasteiger partial charge in [0.25, 0.3) is 5.69 Å². The lowest BCUT2D eigenvalue weighted by molar-refractivity contribution is -0.384.